The van der Waals surface area contributed by atoms with Gasteiger partial charge in [0.05, 0.1) is 5.41 Å². The zero-order valence-electron chi connectivity index (χ0n) is 12.5. The summed E-state index contributed by atoms with van der Waals surface area (Å²) in [4.78, 5) is 11.9. The van der Waals surface area contributed by atoms with Gasteiger partial charge in [0.2, 0.25) is 0 Å². The van der Waals surface area contributed by atoms with Crippen molar-refractivity contribution in [2.75, 3.05) is 0 Å². The van der Waals surface area contributed by atoms with Crippen LogP contribution in [0.5, 0.6) is 0 Å². The molecule has 1 fully saturated rings. The predicted octanol–water partition coefficient (Wildman–Crippen LogP) is 4.94. The second-order valence-corrected chi connectivity index (χ2v) is 6.72. The van der Waals surface area contributed by atoms with Crippen molar-refractivity contribution in [3.8, 4) is 0 Å². The van der Waals surface area contributed by atoms with Gasteiger partial charge in [-0.25, -0.2) is 0 Å². The van der Waals surface area contributed by atoms with Crippen LogP contribution in [0.15, 0.2) is 11.6 Å². The number of hydrogen-bond donors (Lipinski definition) is 1. The molecule has 0 aromatic heterocycles. The van der Waals surface area contributed by atoms with Crippen molar-refractivity contribution in [1.29, 1.82) is 0 Å². The summed E-state index contributed by atoms with van der Waals surface area (Å²) in [5.41, 5.74) is 1.07. The van der Waals surface area contributed by atoms with E-state index in [1.165, 1.54) is 44.1 Å². The molecule has 2 aliphatic rings. The number of carbonyl (C=O) groups is 1. The molecule has 2 rings (SSSR count). The SMILES string of the molecule is CCCC1(CCC)CC(C(=O)O)(C2=CCCCC2)C1. The molecule has 0 aromatic rings. The van der Waals surface area contributed by atoms with Crippen molar-refractivity contribution in [2.24, 2.45) is 10.8 Å². The molecule has 19 heavy (non-hydrogen) atoms. The molecular formula is C17H28O2. The molecule has 0 saturated heterocycles. The summed E-state index contributed by atoms with van der Waals surface area (Å²) in [6.07, 6.45) is 13.3. The fourth-order valence-electron chi connectivity index (χ4n) is 4.56. The first-order valence-electron chi connectivity index (χ1n) is 8.01. The fraction of sp³-hybridized carbons (Fsp3) is 0.824. The van der Waals surface area contributed by atoms with Gasteiger partial charge in [-0.1, -0.05) is 38.3 Å². The monoisotopic (exact) mass is 264 g/mol. The molecule has 0 aromatic carbocycles. The maximum atomic E-state index is 11.9. The molecule has 2 aliphatic carbocycles. The van der Waals surface area contributed by atoms with E-state index in [1.54, 1.807) is 0 Å². The van der Waals surface area contributed by atoms with Gasteiger partial charge in [-0.3, -0.25) is 4.79 Å². The Morgan fingerprint density at radius 2 is 1.84 bits per heavy atom. The van der Waals surface area contributed by atoms with Crippen LogP contribution in [0.2, 0.25) is 0 Å². The van der Waals surface area contributed by atoms with Gasteiger partial charge in [-0.2, -0.15) is 0 Å². The van der Waals surface area contributed by atoms with Gasteiger partial charge in [-0.05, 0) is 56.8 Å². The summed E-state index contributed by atoms with van der Waals surface area (Å²) < 4.78 is 0. The minimum Gasteiger partial charge on any atom is -0.481 e. The van der Waals surface area contributed by atoms with Crippen LogP contribution in [-0.2, 0) is 4.79 Å². The third-order valence-electron chi connectivity index (χ3n) is 5.23. The molecule has 0 unspecified atom stereocenters. The third kappa shape index (κ3) is 2.59. The highest BCUT2D eigenvalue weighted by Crippen LogP contribution is 2.63. The first-order valence-corrected chi connectivity index (χ1v) is 8.01. The second-order valence-electron chi connectivity index (χ2n) is 6.72. The van der Waals surface area contributed by atoms with Crippen LogP contribution in [-0.4, -0.2) is 11.1 Å². The van der Waals surface area contributed by atoms with Crippen LogP contribution in [0.25, 0.3) is 0 Å². The van der Waals surface area contributed by atoms with Gasteiger partial charge >= 0.3 is 5.97 Å². The lowest BCUT2D eigenvalue weighted by atomic mass is 9.47. The third-order valence-corrected chi connectivity index (χ3v) is 5.23. The minimum absolute atomic E-state index is 0.320. The van der Waals surface area contributed by atoms with Crippen molar-refractivity contribution in [2.45, 2.75) is 78.1 Å². The van der Waals surface area contributed by atoms with E-state index in [2.05, 4.69) is 19.9 Å². The van der Waals surface area contributed by atoms with Crippen LogP contribution in [0.1, 0.15) is 78.1 Å². The number of allylic oxidation sites excluding steroid dienone is 1. The van der Waals surface area contributed by atoms with E-state index in [1.807, 2.05) is 0 Å². The second kappa shape index (κ2) is 5.68. The molecule has 0 radical (unpaired) electrons. The van der Waals surface area contributed by atoms with E-state index in [9.17, 15) is 9.90 Å². The Balaban J connectivity index is 2.17. The van der Waals surface area contributed by atoms with Crippen molar-refractivity contribution in [1.82, 2.24) is 0 Å². The average Bonchev–Trinajstić information content (AvgIpc) is 2.36. The molecule has 0 heterocycles. The first kappa shape index (κ1) is 14.6. The van der Waals surface area contributed by atoms with Crippen molar-refractivity contribution in [3.63, 3.8) is 0 Å². The normalized spacial score (nSPS) is 24.4. The molecular weight excluding hydrogens is 236 g/mol. The topological polar surface area (TPSA) is 37.3 Å². The number of rotatable bonds is 6. The van der Waals surface area contributed by atoms with Gasteiger partial charge < -0.3 is 5.11 Å². The summed E-state index contributed by atoms with van der Waals surface area (Å²) in [7, 11) is 0. The molecule has 1 saturated carbocycles. The first-order chi connectivity index (χ1) is 9.08. The fourth-order valence-corrected chi connectivity index (χ4v) is 4.56. The predicted molar refractivity (Wildman–Crippen MR) is 78.1 cm³/mol. The standard InChI is InChI=1S/C17H28O2/c1-3-10-16(11-4-2)12-17(13-16,15(18)19)14-8-6-5-7-9-14/h8H,3-7,9-13H2,1-2H3,(H,18,19). The van der Waals surface area contributed by atoms with E-state index in [0.29, 0.717) is 5.41 Å². The lowest BCUT2D eigenvalue weighted by Gasteiger charge is -2.56. The number of carboxylic acid groups (broad SMARTS) is 1. The molecule has 108 valence electrons. The van der Waals surface area contributed by atoms with Crippen LogP contribution in [0.3, 0.4) is 0 Å². The zero-order valence-corrected chi connectivity index (χ0v) is 12.5. The maximum Gasteiger partial charge on any atom is 0.313 e. The van der Waals surface area contributed by atoms with Crippen LogP contribution < -0.4 is 0 Å². The summed E-state index contributed by atoms with van der Waals surface area (Å²) in [5.74, 6) is -0.566. The summed E-state index contributed by atoms with van der Waals surface area (Å²) >= 11 is 0. The van der Waals surface area contributed by atoms with Crippen LogP contribution in [0, 0.1) is 10.8 Å². The average molecular weight is 264 g/mol. The maximum absolute atomic E-state index is 11.9. The molecule has 2 heteroatoms. The lowest BCUT2D eigenvalue weighted by Crippen LogP contribution is -2.52. The van der Waals surface area contributed by atoms with E-state index in [-0.39, 0.29) is 0 Å². The van der Waals surface area contributed by atoms with Gasteiger partial charge in [0, 0.05) is 0 Å². The number of carboxylic acids is 1. The van der Waals surface area contributed by atoms with Gasteiger partial charge in [0.25, 0.3) is 0 Å². The Morgan fingerprint density at radius 1 is 1.21 bits per heavy atom. The Labute approximate surface area is 117 Å². The van der Waals surface area contributed by atoms with E-state index < -0.39 is 11.4 Å². The van der Waals surface area contributed by atoms with Crippen LogP contribution in [0.4, 0.5) is 0 Å². The summed E-state index contributed by atoms with van der Waals surface area (Å²) in [6.45, 7) is 4.44. The molecule has 0 aliphatic heterocycles. The molecule has 0 spiro atoms. The Morgan fingerprint density at radius 3 is 2.26 bits per heavy atom. The smallest absolute Gasteiger partial charge is 0.313 e. The van der Waals surface area contributed by atoms with E-state index >= 15 is 0 Å². The van der Waals surface area contributed by atoms with Crippen molar-refractivity contribution in [3.05, 3.63) is 11.6 Å². The molecule has 0 bridgehead atoms. The molecule has 0 amide bonds. The highest BCUT2D eigenvalue weighted by atomic mass is 16.4. The zero-order chi connectivity index (χ0) is 13.9. The molecule has 2 nitrogen and oxygen atoms in total. The van der Waals surface area contributed by atoms with Gasteiger partial charge in [0.15, 0.2) is 0 Å². The van der Waals surface area contributed by atoms with Crippen molar-refractivity contribution < 1.29 is 9.90 Å². The quantitative estimate of drug-likeness (QED) is 0.690. The molecule has 0 atom stereocenters. The highest BCUT2D eigenvalue weighted by Gasteiger charge is 2.59. The number of aliphatic carboxylic acids is 1. The van der Waals surface area contributed by atoms with Crippen LogP contribution >= 0.6 is 0 Å². The van der Waals surface area contributed by atoms with Crippen molar-refractivity contribution >= 4 is 5.97 Å². The largest absolute Gasteiger partial charge is 0.481 e. The van der Waals surface area contributed by atoms with E-state index in [0.717, 1.165) is 25.7 Å². The summed E-state index contributed by atoms with van der Waals surface area (Å²) in [6, 6.07) is 0. The Bertz CT molecular complexity index is 353. The minimum atomic E-state index is -0.566. The van der Waals surface area contributed by atoms with Gasteiger partial charge in [-0.15, -0.1) is 0 Å². The number of hydrogen-bond acceptors (Lipinski definition) is 1. The van der Waals surface area contributed by atoms with E-state index in [4.69, 9.17) is 0 Å². The molecule has 1 N–H and O–H groups in total. The Hall–Kier alpha value is -0.790. The highest BCUT2D eigenvalue weighted by molar-refractivity contribution is 5.80. The summed E-state index contributed by atoms with van der Waals surface area (Å²) in [5, 5.41) is 9.76. The van der Waals surface area contributed by atoms with Gasteiger partial charge in [0.1, 0.15) is 0 Å². The lowest BCUT2D eigenvalue weighted by molar-refractivity contribution is -0.162. The Kier molecular flexibility index (Phi) is 4.37.